The molecule has 3 saturated heterocycles. The first-order chi connectivity index (χ1) is 33.0. The van der Waals surface area contributed by atoms with Gasteiger partial charge in [-0.25, -0.2) is 0 Å². The molecule has 0 saturated carbocycles. The number of nitrogens with zero attached hydrogens (tertiary/aromatic N) is 2. The molecule has 0 aromatic carbocycles. The quantitative estimate of drug-likeness (QED) is 0.0819. The number of aliphatic hydroxyl groups is 2. The zero-order valence-electron chi connectivity index (χ0n) is 41.6. The first-order valence-electron chi connectivity index (χ1n) is 25.8. The van der Waals surface area contributed by atoms with Crippen LogP contribution in [0.25, 0.3) is 0 Å². The summed E-state index contributed by atoms with van der Waals surface area (Å²) in [6.07, 6.45) is 16.6. The number of rotatable bonds is 20. The summed E-state index contributed by atoms with van der Waals surface area (Å²) >= 11 is 0. The third kappa shape index (κ3) is 18.5. The molecule has 1 aliphatic carbocycles. The van der Waals surface area contributed by atoms with Gasteiger partial charge in [0.1, 0.15) is 42.0 Å². The Balaban J connectivity index is 1.54. The Kier molecular flexibility index (Phi) is 23.7. The van der Waals surface area contributed by atoms with Gasteiger partial charge in [0.2, 0.25) is 47.3 Å². The number of allylic oxidation sites excluding steroid dienone is 5. The fourth-order valence-corrected chi connectivity index (χ4v) is 9.79. The van der Waals surface area contributed by atoms with Crippen LogP contribution in [0.15, 0.2) is 35.6 Å². The van der Waals surface area contributed by atoms with Gasteiger partial charge in [0.15, 0.2) is 0 Å². The van der Waals surface area contributed by atoms with E-state index >= 15 is 0 Å². The Morgan fingerprint density at radius 3 is 2.06 bits per heavy atom. The van der Waals surface area contributed by atoms with Crippen molar-refractivity contribution >= 4 is 47.3 Å². The second-order valence-corrected chi connectivity index (χ2v) is 19.8. The minimum atomic E-state index is -1.33. The number of nitrogens with two attached hydrogens (primary N) is 1. The van der Waals surface area contributed by atoms with Gasteiger partial charge in [-0.15, -0.1) is 0 Å². The van der Waals surface area contributed by atoms with Crippen molar-refractivity contribution in [2.24, 2.45) is 17.6 Å². The van der Waals surface area contributed by atoms with Crippen molar-refractivity contribution in [3.63, 3.8) is 0 Å². The third-order valence-corrected chi connectivity index (χ3v) is 14.1. The summed E-state index contributed by atoms with van der Waals surface area (Å²) in [5.41, 5.74) is 6.34. The van der Waals surface area contributed by atoms with Crippen molar-refractivity contribution in [2.75, 3.05) is 19.6 Å². The summed E-state index contributed by atoms with van der Waals surface area (Å²) in [4.78, 5) is 113. The van der Waals surface area contributed by atoms with Crippen LogP contribution < -0.4 is 32.3 Å². The summed E-state index contributed by atoms with van der Waals surface area (Å²) in [5.74, 6) is -3.38. The molecule has 69 heavy (non-hydrogen) atoms. The molecule has 0 spiro atoms. The van der Waals surface area contributed by atoms with Crippen LogP contribution in [0.4, 0.5) is 0 Å². The van der Waals surface area contributed by atoms with Crippen molar-refractivity contribution in [1.29, 1.82) is 0 Å². The van der Waals surface area contributed by atoms with E-state index in [1.807, 2.05) is 0 Å². The summed E-state index contributed by atoms with van der Waals surface area (Å²) < 4.78 is 0. The van der Waals surface area contributed by atoms with Gasteiger partial charge in [-0.1, -0.05) is 90.4 Å². The lowest BCUT2D eigenvalue weighted by molar-refractivity contribution is -0.143. The maximum Gasteiger partial charge on any atom is 0.245 e. The molecule has 9 atom stereocenters. The number of carbonyl (C=O) groups excluding carboxylic acids is 8. The highest BCUT2D eigenvalue weighted by Gasteiger charge is 2.41. The highest BCUT2D eigenvalue weighted by Crippen LogP contribution is 2.24. The van der Waals surface area contributed by atoms with E-state index in [9.17, 15) is 48.6 Å². The van der Waals surface area contributed by atoms with Gasteiger partial charge in [-0.05, 0) is 94.6 Å². The van der Waals surface area contributed by atoms with E-state index in [0.29, 0.717) is 38.0 Å². The predicted molar refractivity (Wildman–Crippen MR) is 262 cm³/mol. The van der Waals surface area contributed by atoms with E-state index in [1.165, 1.54) is 41.6 Å². The predicted octanol–water partition coefficient (Wildman–Crippen LogP) is 3.77. The number of unbranched alkanes of at least 4 members (excludes halogenated alkanes) is 5. The van der Waals surface area contributed by atoms with Gasteiger partial charge in [0.25, 0.3) is 0 Å². The van der Waals surface area contributed by atoms with Gasteiger partial charge in [0, 0.05) is 38.9 Å². The molecule has 5 unspecified atom stereocenters. The molecule has 0 aromatic rings. The smallest absolute Gasteiger partial charge is 0.245 e. The number of aliphatic hydroxyl groups excluding tert-OH is 2. The van der Waals surface area contributed by atoms with Crippen molar-refractivity contribution in [2.45, 2.75) is 205 Å². The summed E-state index contributed by atoms with van der Waals surface area (Å²) in [5, 5.41) is 35.0. The number of amides is 8. The SMILES string of the molecule is CCC(C)CC(C)CCCCCCCCC(=O)N[C@H]1C[C@@H](O)CNC(=O)C2CCCN2C(=O)C(CCC(N)=O)NC(=O)C(CCC2=CC=C(O)C=CC2)NC(=O)[C@@H]2CCCN2C(=O)[C@H](CC)NC1=O. The molecule has 4 aliphatic rings. The maximum atomic E-state index is 14.3. The summed E-state index contributed by atoms with van der Waals surface area (Å²) in [6, 6.07) is -6.88. The Morgan fingerprint density at radius 1 is 0.768 bits per heavy atom. The Morgan fingerprint density at radius 2 is 1.39 bits per heavy atom. The largest absolute Gasteiger partial charge is 0.508 e. The Hall–Kier alpha value is -5.26. The van der Waals surface area contributed by atoms with Crippen LogP contribution in [0, 0.1) is 11.8 Å². The molecule has 4 rings (SSSR count). The number of nitrogens with one attached hydrogen (secondary N) is 5. The lowest BCUT2D eigenvalue weighted by Crippen LogP contribution is -2.59. The standard InChI is InChI=1S/C51H82N8O10/c1-5-33(3)30-34(4)16-11-9-7-8-10-12-21-45(63)54-41-31-37(61)32-53-48(66)42-19-14-28-58(42)51(69)40(26-27-44(52)62)57-46(64)39(25-23-35-17-13-18-36(60)24-22-35)56-49(67)43-20-15-29-59(43)50(68)38(6-2)55-47(41)65/h13,18,22,24,33-34,37-43,60-61H,5-12,14-17,19-21,23,25-32H2,1-4H3,(H2,52,62)(H,53,66)(H,54,63)(H,55,65)(H,56,67)(H,57,64)/t33?,34?,37-,38+,39?,40?,41+,42?,43+/m1/s1. The fourth-order valence-electron chi connectivity index (χ4n) is 9.79. The molecule has 3 aliphatic heterocycles. The first-order valence-corrected chi connectivity index (χ1v) is 25.8. The summed E-state index contributed by atoms with van der Waals surface area (Å²) in [6.45, 7) is 8.60. The first kappa shape index (κ1) is 56.3. The molecule has 386 valence electrons. The summed E-state index contributed by atoms with van der Waals surface area (Å²) in [7, 11) is 0. The van der Waals surface area contributed by atoms with Crippen LogP contribution >= 0.6 is 0 Å². The van der Waals surface area contributed by atoms with E-state index in [1.54, 1.807) is 25.2 Å². The average Bonchev–Trinajstić information content (AvgIpc) is 3.98. The molecule has 0 bridgehead atoms. The van der Waals surface area contributed by atoms with Crippen LogP contribution in [-0.4, -0.2) is 129 Å². The van der Waals surface area contributed by atoms with Crippen LogP contribution in [0.3, 0.4) is 0 Å². The monoisotopic (exact) mass is 967 g/mol. The number of fused-ring (bicyclic) bond motifs is 2. The highest BCUT2D eigenvalue weighted by atomic mass is 16.3. The van der Waals surface area contributed by atoms with Crippen molar-refractivity contribution in [3.8, 4) is 0 Å². The van der Waals surface area contributed by atoms with Crippen molar-refractivity contribution in [1.82, 2.24) is 36.4 Å². The van der Waals surface area contributed by atoms with Gasteiger partial charge in [-0.3, -0.25) is 38.4 Å². The number of carbonyl (C=O) groups is 8. The van der Waals surface area contributed by atoms with Crippen molar-refractivity contribution < 1.29 is 48.6 Å². The van der Waals surface area contributed by atoms with Crippen LogP contribution in [-0.2, 0) is 38.4 Å². The van der Waals surface area contributed by atoms with Gasteiger partial charge in [0.05, 0.1) is 6.10 Å². The number of primary amides is 1. The molecule has 3 fully saturated rings. The van der Waals surface area contributed by atoms with E-state index in [2.05, 4.69) is 47.4 Å². The van der Waals surface area contributed by atoms with Crippen LogP contribution in [0.1, 0.15) is 163 Å². The molecule has 9 N–H and O–H groups in total. The average molecular weight is 967 g/mol. The molecular weight excluding hydrogens is 885 g/mol. The zero-order valence-corrected chi connectivity index (χ0v) is 41.6. The minimum absolute atomic E-state index is 0.0577. The lowest BCUT2D eigenvalue weighted by Gasteiger charge is -2.31. The molecule has 0 radical (unpaired) electrons. The molecule has 18 heteroatoms. The second kappa shape index (κ2) is 29.0. The van der Waals surface area contributed by atoms with Gasteiger partial charge >= 0.3 is 0 Å². The lowest BCUT2D eigenvalue weighted by atomic mass is 9.91. The number of hydrogen-bond acceptors (Lipinski definition) is 10. The van der Waals surface area contributed by atoms with E-state index < -0.39 is 89.6 Å². The number of hydrogen-bond donors (Lipinski definition) is 8. The number of β-amino-alcohol motifs (C(OH)–C–C–N with tert-alkyl or cyclic N) is 1. The fraction of sp³-hybridized carbons (Fsp3) is 0.725. The molecule has 18 nitrogen and oxygen atoms in total. The van der Waals surface area contributed by atoms with Gasteiger partial charge < -0.3 is 52.3 Å². The van der Waals surface area contributed by atoms with E-state index in [0.717, 1.165) is 37.2 Å². The zero-order chi connectivity index (χ0) is 50.5. The normalized spacial score (nSPS) is 26.5. The van der Waals surface area contributed by atoms with E-state index in [4.69, 9.17) is 5.73 Å². The maximum absolute atomic E-state index is 14.3. The van der Waals surface area contributed by atoms with Crippen LogP contribution in [0.5, 0.6) is 0 Å². The Labute approximate surface area is 408 Å². The van der Waals surface area contributed by atoms with Crippen LogP contribution in [0.2, 0.25) is 0 Å². The molecule has 8 amide bonds. The topological polar surface area (TPSA) is 270 Å². The second-order valence-electron chi connectivity index (χ2n) is 19.8. The van der Waals surface area contributed by atoms with E-state index in [-0.39, 0.29) is 76.8 Å². The third-order valence-electron chi connectivity index (χ3n) is 14.1. The highest BCUT2D eigenvalue weighted by molar-refractivity contribution is 5.97. The molecule has 3 heterocycles. The minimum Gasteiger partial charge on any atom is -0.508 e. The Bertz CT molecular complexity index is 1870. The van der Waals surface area contributed by atoms with Crippen molar-refractivity contribution in [3.05, 3.63) is 35.6 Å². The van der Waals surface area contributed by atoms with Gasteiger partial charge in [-0.2, -0.15) is 0 Å². The molecule has 0 aromatic heterocycles. The molecular formula is C51H82N8O10.